The highest BCUT2D eigenvalue weighted by Gasteiger charge is 2.14. The quantitative estimate of drug-likeness (QED) is 0.833. The molecule has 0 radical (unpaired) electrons. The van der Waals surface area contributed by atoms with Gasteiger partial charge in [-0.15, -0.1) is 0 Å². The van der Waals surface area contributed by atoms with E-state index in [-0.39, 0.29) is 17.9 Å². The Morgan fingerprint density at radius 1 is 1.60 bits per heavy atom. The minimum absolute atomic E-state index is 0.0739. The standard InChI is InChI=1S/C9H9F2NO3/c1-15-9-5(4-7(13)14)2-3-6(12-9)8(10)11/h2-3,8H,4H2,1H3,(H,13,14). The smallest absolute Gasteiger partial charge is 0.308 e. The van der Waals surface area contributed by atoms with Gasteiger partial charge in [-0.3, -0.25) is 4.79 Å². The fourth-order valence-corrected chi connectivity index (χ4v) is 1.08. The molecule has 0 aromatic carbocycles. The Hall–Kier alpha value is -1.72. The van der Waals surface area contributed by atoms with Crippen molar-refractivity contribution in [3.8, 4) is 5.88 Å². The van der Waals surface area contributed by atoms with E-state index in [4.69, 9.17) is 9.84 Å². The summed E-state index contributed by atoms with van der Waals surface area (Å²) in [5.41, 5.74) is -0.157. The number of carbonyl (C=O) groups is 1. The van der Waals surface area contributed by atoms with Gasteiger partial charge in [0.1, 0.15) is 5.69 Å². The molecule has 1 rings (SSSR count). The molecule has 0 aliphatic rings. The van der Waals surface area contributed by atoms with Crippen LogP contribution in [-0.4, -0.2) is 23.2 Å². The van der Waals surface area contributed by atoms with Crippen LogP contribution in [-0.2, 0) is 11.2 Å². The summed E-state index contributed by atoms with van der Waals surface area (Å²) in [5.74, 6) is -1.14. The van der Waals surface area contributed by atoms with Crippen molar-refractivity contribution < 1.29 is 23.4 Å². The minimum Gasteiger partial charge on any atom is -0.481 e. The maximum absolute atomic E-state index is 12.2. The summed E-state index contributed by atoms with van der Waals surface area (Å²) in [6, 6.07) is 2.37. The van der Waals surface area contributed by atoms with Crippen LogP contribution in [0, 0.1) is 0 Å². The lowest BCUT2D eigenvalue weighted by molar-refractivity contribution is -0.136. The van der Waals surface area contributed by atoms with Gasteiger partial charge in [0.15, 0.2) is 0 Å². The van der Waals surface area contributed by atoms with Gasteiger partial charge < -0.3 is 9.84 Å². The van der Waals surface area contributed by atoms with E-state index in [2.05, 4.69) is 4.98 Å². The molecule has 15 heavy (non-hydrogen) atoms. The number of aliphatic carboxylic acids is 1. The van der Waals surface area contributed by atoms with Crippen molar-refractivity contribution in [1.29, 1.82) is 0 Å². The molecule has 0 aliphatic heterocycles. The first kappa shape index (κ1) is 11.4. The normalized spacial score (nSPS) is 10.4. The Kier molecular flexibility index (Phi) is 3.54. The van der Waals surface area contributed by atoms with Crippen LogP contribution in [0.3, 0.4) is 0 Å². The van der Waals surface area contributed by atoms with Crippen LogP contribution in [0.2, 0.25) is 0 Å². The molecule has 82 valence electrons. The summed E-state index contributed by atoms with van der Waals surface area (Å²) in [7, 11) is 1.25. The fraction of sp³-hybridized carbons (Fsp3) is 0.333. The summed E-state index contributed by atoms with van der Waals surface area (Å²) in [6.07, 6.45) is -3.00. The Bertz CT molecular complexity index is 368. The third-order valence-corrected chi connectivity index (χ3v) is 1.72. The van der Waals surface area contributed by atoms with Crippen LogP contribution in [0.1, 0.15) is 17.7 Å². The summed E-state index contributed by atoms with van der Waals surface area (Å²) in [4.78, 5) is 13.9. The Morgan fingerprint density at radius 2 is 2.27 bits per heavy atom. The van der Waals surface area contributed by atoms with Crippen LogP contribution < -0.4 is 4.74 Å². The third-order valence-electron chi connectivity index (χ3n) is 1.72. The molecule has 1 aromatic rings. The number of methoxy groups -OCH3 is 1. The molecule has 0 atom stereocenters. The fourth-order valence-electron chi connectivity index (χ4n) is 1.08. The van der Waals surface area contributed by atoms with Crippen molar-refractivity contribution in [2.24, 2.45) is 0 Å². The van der Waals surface area contributed by atoms with E-state index < -0.39 is 18.1 Å². The molecule has 0 amide bonds. The third kappa shape index (κ3) is 2.87. The zero-order valence-electron chi connectivity index (χ0n) is 7.91. The second kappa shape index (κ2) is 4.68. The first-order valence-electron chi connectivity index (χ1n) is 4.08. The molecule has 0 saturated carbocycles. The van der Waals surface area contributed by atoms with Gasteiger partial charge in [0.25, 0.3) is 6.43 Å². The van der Waals surface area contributed by atoms with E-state index >= 15 is 0 Å². The summed E-state index contributed by atoms with van der Waals surface area (Å²) in [5, 5.41) is 8.53. The van der Waals surface area contributed by atoms with Crippen LogP contribution in [0.4, 0.5) is 8.78 Å². The predicted molar refractivity (Wildman–Crippen MR) is 47.1 cm³/mol. The van der Waals surface area contributed by atoms with Crippen molar-refractivity contribution in [2.45, 2.75) is 12.8 Å². The van der Waals surface area contributed by atoms with Crippen molar-refractivity contribution in [3.05, 3.63) is 23.4 Å². The zero-order valence-corrected chi connectivity index (χ0v) is 7.91. The number of pyridine rings is 1. The molecule has 0 bridgehead atoms. The molecule has 6 heteroatoms. The average Bonchev–Trinajstić information content (AvgIpc) is 2.17. The highest BCUT2D eigenvalue weighted by molar-refractivity contribution is 5.71. The number of hydrogen-bond acceptors (Lipinski definition) is 3. The molecule has 4 nitrogen and oxygen atoms in total. The van der Waals surface area contributed by atoms with E-state index in [0.717, 1.165) is 6.07 Å². The number of halogens is 2. The molecule has 0 spiro atoms. The number of carboxylic acid groups (broad SMARTS) is 1. The molecule has 0 fully saturated rings. The van der Waals surface area contributed by atoms with Gasteiger partial charge in [-0.05, 0) is 6.07 Å². The SMILES string of the molecule is COc1nc(C(F)F)ccc1CC(=O)O. The van der Waals surface area contributed by atoms with Crippen molar-refractivity contribution in [1.82, 2.24) is 4.98 Å². The van der Waals surface area contributed by atoms with Crippen molar-refractivity contribution in [3.63, 3.8) is 0 Å². The van der Waals surface area contributed by atoms with Gasteiger partial charge in [0.05, 0.1) is 13.5 Å². The topological polar surface area (TPSA) is 59.4 Å². The molecule has 0 unspecified atom stereocenters. The number of alkyl halides is 2. The average molecular weight is 217 g/mol. The molecule has 1 N–H and O–H groups in total. The monoisotopic (exact) mass is 217 g/mol. The molecular weight excluding hydrogens is 208 g/mol. The lowest BCUT2D eigenvalue weighted by Crippen LogP contribution is -2.05. The van der Waals surface area contributed by atoms with Gasteiger partial charge in [-0.25, -0.2) is 13.8 Å². The van der Waals surface area contributed by atoms with Gasteiger partial charge in [-0.1, -0.05) is 6.07 Å². The van der Waals surface area contributed by atoms with Crippen molar-refractivity contribution in [2.75, 3.05) is 7.11 Å². The van der Waals surface area contributed by atoms with Gasteiger partial charge >= 0.3 is 5.97 Å². The minimum atomic E-state index is -2.70. The maximum atomic E-state index is 12.2. The second-order valence-corrected chi connectivity index (χ2v) is 2.78. The van der Waals surface area contributed by atoms with Gasteiger partial charge in [0.2, 0.25) is 5.88 Å². The highest BCUT2D eigenvalue weighted by atomic mass is 19.3. The van der Waals surface area contributed by atoms with Gasteiger partial charge in [-0.2, -0.15) is 0 Å². The Labute approximate surface area is 84.5 Å². The molecular formula is C9H9F2NO3. The summed E-state index contributed by atoms with van der Waals surface area (Å²) < 4.78 is 29.2. The van der Waals surface area contributed by atoms with Crippen LogP contribution in [0.25, 0.3) is 0 Å². The lowest BCUT2D eigenvalue weighted by atomic mass is 10.2. The molecule has 0 aliphatic carbocycles. The number of hydrogen-bond donors (Lipinski definition) is 1. The number of aromatic nitrogens is 1. The van der Waals surface area contributed by atoms with E-state index in [0.29, 0.717) is 0 Å². The number of ether oxygens (including phenoxy) is 1. The largest absolute Gasteiger partial charge is 0.481 e. The summed E-state index contributed by atoms with van der Waals surface area (Å²) in [6.45, 7) is 0. The first-order valence-corrected chi connectivity index (χ1v) is 4.08. The number of rotatable bonds is 4. The Morgan fingerprint density at radius 3 is 2.73 bits per heavy atom. The first-order chi connectivity index (χ1) is 7.04. The molecule has 1 aromatic heterocycles. The van der Waals surface area contributed by atoms with E-state index in [1.54, 1.807) is 0 Å². The van der Waals surface area contributed by atoms with Crippen LogP contribution in [0.5, 0.6) is 5.88 Å². The lowest BCUT2D eigenvalue weighted by Gasteiger charge is -2.07. The predicted octanol–water partition coefficient (Wildman–Crippen LogP) is 1.65. The second-order valence-electron chi connectivity index (χ2n) is 2.78. The van der Waals surface area contributed by atoms with Crippen LogP contribution in [0.15, 0.2) is 12.1 Å². The van der Waals surface area contributed by atoms with Crippen LogP contribution >= 0.6 is 0 Å². The molecule has 1 heterocycles. The maximum Gasteiger partial charge on any atom is 0.308 e. The van der Waals surface area contributed by atoms with E-state index in [1.807, 2.05) is 0 Å². The van der Waals surface area contributed by atoms with Gasteiger partial charge in [0, 0.05) is 5.56 Å². The van der Waals surface area contributed by atoms with E-state index in [9.17, 15) is 13.6 Å². The highest BCUT2D eigenvalue weighted by Crippen LogP contribution is 2.22. The zero-order chi connectivity index (χ0) is 11.4. The molecule has 0 saturated heterocycles. The van der Waals surface area contributed by atoms with E-state index in [1.165, 1.54) is 13.2 Å². The van der Waals surface area contributed by atoms with Crippen molar-refractivity contribution >= 4 is 5.97 Å². The Balaban J connectivity index is 3.03. The summed E-state index contributed by atoms with van der Waals surface area (Å²) >= 11 is 0. The number of carboxylic acids is 1. The number of nitrogens with zero attached hydrogens (tertiary/aromatic N) is 1.